The third-order valence-electron chi connectivity index (χ3n) is 5.07. The van der Waals surface area contributed by atoms with Gasteiger partial charge in [-0.2, -0.15) is 13.2 Å². The molecule has 6 nitrogen and oxygen atoms in total. The first-order chi connectivity index (χ1) is 13.6. The SMILES string of the molecule is CC(=O)NC1=C(C(=O)NCc2c(F)cccc2C(F)(F)F)C2(CCNCC2)OC1. The highest BCUT2D eigenvalue weighted by molar-refractivity contribution is 5.97. The monoisotopic (exact) mass is 415 g/mol. The number of hydrogen-bond donors (Lipinski definition) is 3. The van der Waals surface area contributed by atoms with E-state index in [1.165, 1.54) is 6.92 Å². The number of nitrogens with one attached hydrogen (secondary N) is 3. The number of ether oxygens (including phenoxy) is 1. The maximum atomic E-state index is 14.1. The molecule has 2 aliphatic heterocycles. The fourth-order valence-electron chi connectivity index (χ4n) is 3.77. The second kappa shape index (κ2) is 8.11. The van der Waals surface area contributed by atoms with Crippen LogP contribution in [0.4, 0.5) is 17.6 Å². The number of benzene rings is 1. The zero-order chi connectivity index (χ0) is 21.2. The number of alkyl halides is 3. The molecule has 1 aromatic carbocycles. The van der Waals surface area contributed by atoms with Crippen LogP contribution in [0.5, 0.6) is 0 Å². The summed E-state index contributed by atoms with van der Waals surface area (Å²) in [5.74, 6) is -2.15. The highest BCUT2D eigenvalue weighted by atomic mass is 19.4. The largest absolute Gasteiger partial charge is 0.416 e. The highest BCUT2D eigenvalue weighted by Gasteiger charge is 2.46. The lowest BCUT2D eigenvalue weighted by Crippen LogP contribution is -2.47. The highest BCUT2D eigenvalue weighted by Crippen LogP contribution is 2.38. The van der Waals surface area contributed by atoms with E-state index in [0.717, 1.165) is 18.2 Å². The van der Waals surface area contributed by atoms with Crippen LogP contribution in [0.2, 0.25) is 0 Å². The molecule has 10 heteroatoms. The number of amides is 2. The summed E-state index contributed by atoms with van der Waals surface area (Å²) < 4.78 is 59.4. The number of carbonyl (C=O) groups excluding carboxylic acids is 2. The summed E-state index contributed by atoms with van der Waals surface area (Å²) in [6.07, 6.45) is -3.83. The zero-order valence-corrected chi connectivity index (χ0v) is 15.7. The van der Waals surface area contributed by atoms with Crippen LogP contribution in [0, 0.1) is 5.82 Å². The van der Waals surface area contributed by atoms with Gasteiger partial charge in [0.2, 0.25) is 5.91 Å². The maximum Gasteiger partial charge on any atom is 0.416 e. The molecule has 29 heavy (non-hydrogen) atoms. The molecule has 0 aromatic heterocycles. The van der Waals surface area contributed by atoms with Gasteiger partial charge in [-0.15, -0.1) is 0 Å². The van der Waals surface area contributed by atoms with Crippen LogP contribution < -0.4 is 16.0 Å². The van der Waals surface area contributed by atoms with Crippen molar-refractivity contribution in [1.29, 1.82) is 0 Å². The normalized spacial score (nSPS) is 18.8. The van der Waals surface area contributed by atoms with E-state index < -0.39 is 47.1 Å². The number of rotatable bonds is 4. The molecule has 0 aliphatic carbocycles. The van der Waals surface area contributed by atoms with E-state index in [9.17, 15) is 27.2 Å². The van der Waals surface area contributed by atoms with Gasteiger partial charge in [0.15, 0.2) is 0 Å². The molecule has 3 rings (SSSR count). The van der Waals surface area contributed by atoms with Crippen LogP contribution in [-0.2, 0) is 27.0 Å². The molecule has 0 saturated carbocycles. The first kappa shape index (κ1) is 21.3. The Hall–Kier alpha value is -2.46. The van der Waals surface area contributed by atoms with Crippen LogP contribution >= 0.6 is 0 Å². The van der Waals surface area contributed by atoms with Gasteiger partial charge in [-0.25, -0.2) is 4.39 Å². The van der Waals surface area contributed by atoms with Crippen molar-refractivity contribution < 1.29 is 31.9 Å². The lowest BCUT2D eigenvalue weighted by Gasteiger charge is -2.35. The Morgan fingerprint density at radius 3 is 2.55 bits per heavy atom. The molecule has 1 aromatic rings. The number of carbonyl (C=O) groups is 2. The second-order valence-electron chi connectivity index (χ2n) is 7.01. The molecular formula is C19H21F4N3O3. The predicted octanol–water partition coefficient (Wildman–Crippen LogP) is 2.00. The lowest BCUT2D eigenvalue weighted by atomic mass is 9.84. The molecule has 2 heterocycles. The molecule has 1 spiro atoms. The van der Waals surface area contributed by atoms with E-state index >= 15 is 0 Å². The Labute approximate surface area is 164 Å². The van der Waals surface area contributed by atoms with E-state index in [1.807, 2.05) is 0 Å². The van der Waals surface area contributed by atoms with E-state index in [0.29, 0.717) is 25.9 Å². The Morgan fingerprint density at radius 2 is 1.93 bits per heavy atom. The van der Waals surface area contributed by atoms with Crippen LogP contribution in [0.1, 0.15) is 30.9 Å². The van der Waals surface area contributed by atoms with Gasteiger partial charge in [-0.1, -0.05) is 6.07 Å². The van der Waals surface area contributed by atoms with Crippen molar-refractivity contribution in [1.82, 2.24) is 16.0 Å². The Bertz CT molecular complexity index is 846. The Kier molecular flexibility index (Phi) is 5.95. The van der Waals surface area contributed by atoms with Gasteiger partial charge in [-0.3, -0.25) is 9.59 Å². The first-order valence-corrected chi connectivity index (χ1v) is 9.13. The fraction of sp³-hybridized carbons (Fsp3) is 0.474. The molecule has 158 valence electrons. The van der Waals surface area contributed by atoms with Gasteiger partial charge in [0.05, 0.1) is 23.4 Å². The Morgan fingerprint density at radius 1 is 1.24 bits per heavy atom. The first-order valence-electron chi connectivity index (χ1n) is 9.13. The van der Waals surface area contributed by atoms with Crippen molar-refractivity contribution in [3.05, 3.63) is 46.4 Å². The summed E-state index contributed by atoms with van der Waals surface area (Å²) in [4.78, 5) is 24.4. The molecule has 3 N–H and O–H groups in total. The second-order valence-corrected chi connectivity index (χ2v) is 7.01. The van der Waals surface area contributed by atoms with Crippen LogP contribution in [-0.4, -0.2) is 37.1 Å². The molecule has 1 saturated heterocycles. The third kappa shape index (κ3) is 4.43. The zero-order valence-electron chi connectivity index (χ0n) is 15.7. The summed E-state index contributed by atoms with van der Waals surface area (Å²) in [6, 6.07) is 2.64. The van der Waals surface area contributed by atoms with Crippen LogP contribution in [0.3, 0.4) is 0 Å². The average molecular weight is 415 g/mol. The summed E-state index contributed by atoms with van der Waals surface area (Å²) in [5.41, 5.74) is -2.27. The van der Waals surface area contributed by atoms with Crippen molar-refractivity contribution in [3.8, 4) is 0 Å². The van der Waals surface area contributed by atoms with Gasteiger partial charge < -0.3 is 20.7 Å². The van der Waals surface area contributed by atoms with Gasteiger partial charge in [0.1, 0.15) is 11.4 Å². The average Bonchev–Trinajstić information content (AvgIpc) is 2.96. The van der Waals surface area contributed by atoms with E-state index in [2.05, 4.69) is 16.0 Å². The topological polar surface area (TPSA) is 79.5 Å². The molecule has 0 bridgehead atoms. The number of piperidine rings is 1. The Balaban J connectivity index is 1.88. The van der Waals surface area contributed by atoms with Crippen LogP contribution in [0.15, 0.2) is 29.5 Å². The van der Waals surface area contributed by atoms with Gasteiger partial charge in [-0.05, 0) is 38.1 Å². The number of hydrogen-bond acceptors (Lipinski definition) is 4. The smallest absolute Gasteiger partial charge is 0.364 e. The molecule has 0 radical (unpaired) electrons. The summed E-state index contributed by atoms with van der Waals surface area (Å²) >= 11 is 0. The fourth-order valence-corrected chi connectivity index (χ4v) is 3.77. The van der Waals surface area contributed by atoms with Gasteiger partial charge in [0.25, 0.3) is 5.91 Å². The predicted molar refractivity (Wildman–Crippen MR) is 94.9 cm³/mol. The maximum absolute atomic E-state index is 14.1. The molecule has 0 atom stereocenters. The third-order valence-corrected chi connectivity index (χ3v) is 5.07. The molecular weight excluding hydrogens is 394 g/mol. The van der Waals surface area contributed by atoms with Crippen LogP contribution in [0.25, 0.3) is 0 Å². The lowest BCUT2D eigenvalue weighted by molar-refractivity contribution is -0.138. The van der Waals surface area contributed by atoms with Crippen molar-refractivity contribution in [3.63, 3.8) is 0 Å². The van der Waals surface area contributed by atoms with E-state index in [1.54, 1.807) is 0 Å². The number of halogens is 4. The minimum absolute atomic E-state index is 0.00975. The van der Waals surface area contributed by atoms with Crippen molar-refractivity contribution in [2.24, 2.45) is 0 Å². The quantitative estimate of drug-likeness (QED) is 0.658. The van der Waals surface area contributed by atoms with Gasteiger partial charge in [0, 0.05) is 19.0 Å². The molecule has 1 fully saturated rings. The minimum atomic E-state index is -4.75. The summed E-state index contributed by atoms with van der Waals surface area (Å²) in [7, 11) is 0. The standard InChI is InChI=1S/C19H21F4N3O3/c1-11(27)26-15-10-29-18(5-7-24-8-6-18)16(15)17(28)25-9-12-13(19(21,22)23)3-2-4-14(12)20/h2-4,24H,5-10H2,1H3,(H,25,28)(H,26,27). The molecule has 2 aliphatic rings. The molecule has 2 amide bonds. The summed E-state index contributed by atoms with van der Waals surface area (Å²) in [5, 5.41) is 8.09. The minimum Gasteiger partial charge on any atom is -0.364 e. The van der Waals surface area contributed by atoms with Crippen molar-refractivity contribution in [2.75, 3.05) is 19.7 Å². The van der Waals surface area contributed by atoms with Crippen molar-refractivity contribution >= 4 is 11.8 Å². The van der Waals surface area contributed by atoms with E-state index in [-0.39, 0.29) is 17.9 Å². The van der Waals surface area contributed by atoms with Crippen molar-refractivity contribution in [2.45, 2.75) is 38.1 Å². The summed E-state index contributed by atoms with van der Waals surface area (Å²) in [6.45, 7) is 1.80. The van der Waals surface area contributed by atoms with E-state index in [4.69, 9.17) is 4.74 Å². The molecule has 0 unspecified atom stereocenters. The van der Waals surface area contributed by atoms with Gasteiger partial charge >= 0.3 is 6.18 Å².